The number of nitrogens with zero attached hydrogens (tertiary/aromatic N) is 4. The third kappa shape index (κ3) is 2.83. The van der Waals surface area contributed by atoms with Gasteiger partial charge in [-0.2, -0.15) is 0 Å². The van der Waals surface area contributed by atoms with Crippen LogP contribution in [-0.2, 0) is 0 Å². The van der Waals surface area contributed by atoms with Crippen LogP contribution in [0.25, 0.3) is 22.4 Å². The van der Waals surface area contributed by atoms with E-state index >= 15 is 0 Å². The predicted molar refractivity (Wildman–Crippen MR) is 133 cm³/mol. The molecule has 2 aliphatic rings. The van der Waals surface area contributed by atoms with E-state index in [-0.39, 0.29) is 0 Å². The van der Waals surface area contributed by atoms with Crippen molar-refractivity contribution >= 4 is 45.7 Å². The first-order valence-electron chi connectivity index (χ1n) is 10.2. The van der Waals surface area contributed by atoms with Crippen molar-refractivity contribution in [2.45, 2.75) is 20.8 Å². The van der Waals surface area contributed by atoms with Crippen LogP contribution in [0.15, 0.2) is 70.6 Å². The molecular weight excluding hydrogens is 368 g/mol. The van der Waals surface area contributed by atoms with Gasteiger partial charge in [-0.05, 0) is 66.6 Å². The Balaban J connectivity index is 2.06. The predicted octanol–water partition coefficient (Wildman–Crippen LogP) is 6.06. The number of hydrogen-bond donors (Lipinski definition) is 0. The lowest BCUT2D eigenvalue weighted by molar-refractivity contribution is 1.06. The van der Waals surface area contributed by atoms with Gasteiger partial charge in [-0.25, -0.2) is 0 Å². The van der Waals surface area contributed by atoms with Gasteiger partial charge in [0.25, 0.3) is 0 Å². The lowest BCUT2D eigenvalue weighted by Gasteiger charge is -2.25. The van der Waals surface area contributed by atoms with Crippen molar-refractivity contribution in [3.63, 3.8) is 0 Å². The fourth-order valence-electron chi connectivity index (χ4n) is 4.43. The van der Waals surface area contributed by atoms with E-state index in [1.54, 1.807) is 7.05 Å². The van der Waals surface area contributed by atoms with Gasteiger partial charge in [0.2, 0.25) is 0 Å². The molecule has 2 aromatic carbocycles. The van der Waals surface area contributed by atoms with Crippen LogP contribution >= 0.6 is 0 Å². The second-order valence-electron chi connectivity index (χ2n) is 7.77. The minimum absolute atomic E-state index is 0.746. The summed E-state index contributed by atoms with van der Waals surface area (Å²) >= 11 is 0. The molecule has 2 aromatic rings. The summed E-state index contributed by atoms with van der Waals surface area (Å²) in [6.45, 7) is 15.5. The molecule has 0 spiro atoms. The highest BCUT2D eigenvalue weighted by atomic mass is 15.4. The monoisotopic (exact) mass is 396 g/mol. The van der Waals surface area contributed by atoms with Gasteiger partial charge in [-0.1, -0.05) is 31.4 Å². The molecule has 152 valence electrons. The Hall–Kier alpha value is -3.40. The lowest BCUT2D eigenvalue weighted by atomic mass is 9.94. The number of rotatable bonds is 4. The SMILES string of the molecule is C=Cc1cc2ccc3c(c2cc1/C(C=NC)=C/C)N(C1=C(C)CN=C1C)C(=C)N3C. The summed E-state index contributed by atoms with van der Waals surface area (Å²) < 4.78 is 0. The smallest absolute Gasteiger partial charge is 0.110 e. The molecule has 0 radical (unpaired) electrons. The van der Waals surface area contributed by atoms with Crippen LogP contribution in [0, 0.1) is 0 Å². The first-order chi connectivity index (χ1) is 14.4. The molecule has 0 aromatic heterocycles. The summed E-state index contributed by atoms with van der Waals surface area (Å²) in [4.78, 5) is 13.4. The summed E-state index contributed by atoms with van der Waals surface area (Å²) in [7, 11) is 3.87. The van der Waals surface area contributed by atoms with Crippen molar-refractivity contribution in [2.24, 2.45) is 9.98 Å². The van der Waals surface area contributed by atoms with Crippen LogP contribution in [0.2, 0.25) is 0 Å². The van der Waals surface area contributed by atoms with Crippen LogP contribution < -0.4 is 9.80 Å². The lowest BCUT2D eigenvalue weighted by Crippen LogP contribution is -2.27. The summed E-state index contributed by atoms with van der Waals surface area (Å²) in [6, 6.07) is 8.83. The van der Waals surface area contributed by atoms with Crippen LogP contribution in [0.1, 0.15) is 31.9 Å². The van der Waals surface area contributed by atoms with Gasteiger partial charge in [0.05, 0.1) is 29.3 Å². The average molecular weight is 397 g/mol. The number of anilines is 2. The molecule has 4 rings (SSSR count). The fourth-order valence-corrected chi connectivity index (χ4v) is 4.43. The second-order valence-corrected chi connectivity index (χ2v) is 7.77. The normalized spacial score (nSPS) is 16.9. The van der Waals surface area contributed by atoms with Gasteiger partial charge in [-0.3, -0.25) is 14.9 Å². The molecule has 0 atom stereocenters. The van der Waals surface area contributed by atoms with E-state index in [1.165, 1.54) is 16.3 Å². The van der Waals surface area contributed by atoms with Crippen molar-refractivity contribution in [1.82, 2.24) is 0 Å². The Morgan fingerprint density at radius 1 is 1.23 bits per heavy atom. The molecule has 0 saturated carbocycles. The summed E-state index contributed by atoms with van der Waals surface area (Å²) in [5.74, 6) is 0.944. The van der Waals surface area contributed by atoms with Gasteiger partial charge in [0.15, 0.2) is 0 Å². The number of benzene rings is 2. The van der Waals surface area contributed by atoms with E-state index in [4.69, 9.17) is 0 Å². The van der Waals surface area contributed by atoms with Gasteiger partial charge < -0.3 is 4.90 Å². The van der Waals surface area contributed by atoms with E-state index < -0.39 is 0 Å². The van der Waals surface area contributed by atoms with Gasteiger partial charge >= 0.3 is 0 Å². The average Bonchev–Trinajstić information content (AvgIpc) is 3.20. The van der Waals surface area contributed by atoms with E-state index in [2.05, 4.69) is 84.2 Å². The molecule has 0 amide bonds. The summed E-state index contributed by atoms with van der Waals surface area (Å²) in [6.07, 6.45) is 5.91. The van der Waals surface area contributed by atoms with E-state index in [0.717, 1.165) is 51.8 Å². The van der Waals surface area contributed by atoms with Crippen LogP contribution in [0.3, 0.4) is 0 Å². The number of fused-ring (bicyclic) bond motifs is 3. The Kier molecular flexibility index (Phi) is 4.94. The molecule has 0 bridgehead atoms. The molecule has 2 aliphatic heterocycles. The first kappa shape index (κ1) is 19.9. The molecule has 2 heterocycles. The van der Waals surface area contributed by atoms with E-state index in [1.807, 2.05) is 19.2 Å². The quantitative estimate of drug-likeness (QED) is 0.588. The summed E-state index contributed by atoms with van der Waals surface area (Å²) in [5, 5.41) is 2.36. The van der Waals surface area contributed by atoms with Crippen molar-refractivity contribution in [1.29, 1.82) is 0 Å². The minimum atomic E-state index is 0.746. The van der Waals surface area contributed by atoms with Crippen molar-refractivity contribution < 1.29 is 0 Å². The third-order valence-electron chi connectivity index (χ3n) is 6.00. The number of aliphatic imine (C=N–C) groups is 2. The highest BCUT2D eigenvalue weighted by molar-refractivity contribution is 6.16. The molecule has 4 nitrogen and oxygen atoms in total. The maximum Gasteiger partial charge on any atom is 0.110 e. The molecule has 0 unspecified atom stereocenters. The zero-order chi connectivity index (χ0) is 21.6. The highest BCUT2D eigenvalue weighted by Crippen LogP contribution is 2.48. The maximum atomic E-state index is 4.67. The highest BCUT2D eigenvalue weighted by Gasteiger charge is 2.34. The Morgan fingerprint density at radius 3 is 2.60 bits per heavy atom. The van der Waals surface area contributed by atoms with Crippen LogP contribution in [-0.4, -0.2) is 32.6 Å². The fraction of sp³-hybridized carbons (Fsp3) is 0.231. The maximum absolute atomic E-state index is 4.67. The zero-order valence-corrected chi connectivity index (χ0v) is 18.5. The first-order valence-corrected chi connectivity index (χ1v) is 10.2. The van der Waals surface area contributed by atoms with Gasteiger partial charge in [-0.15, -0.1) is 0 Å². The van der Waals surface area contributed by atoms with Crippen molar-refractivity contribution in [3.05, 3.63) is 71.7 Å². The Bertz CT molecular complexity index is 1210. The van der Waals surface area contributed by atoms with E-state index in [9.17, 15) is 0 Å². The largest absolute Gasteiger partial charge is 0.329 e. The minimum Gasteiger partial charge on any atom is -0.329 e. The molecule has 0 N–H and O–H groups in total. The van der Waals surface area contributed by atoms with Gasteiger partial charge in [0, 0.05) is 25.7 Å². The topological polar surface area (TPSA) is 31.2 Å². The Labute approximate surface area is 178 Å². The molecule has 0 aliphatic carbocycles. The van der Waals surface area contributed by atoms with E-state index in [0.29, 0.717) is 0 Å². The Morgan fingerprint density at radius 2 is 2.00 bits per heavy atom. The van der Waals surface area contributed by atoms with Gasteiger partial charge in [0.1, 0.15) is 5.82 Å². The third-order valence-corrected chi connectivity index (χ3v) is 6.00. The second kappa shape index (κ2) is 7.45. The molecule has 30 heavy (non-hydrogen) atoms. The van der Waals surface area contributed by atoms with Crippen molar-refractivity contribution in [2.75, 3.05) is 30.4 Å². The van der Waals surface area contributed by atoms with Crippen LogP contribution in [0.5, 0.6) is 0 Å². The van der Waals surface area contributed by atoms with Crippen LogP contribution in [0.4, 0.5) is 11.4 Å². The molecule has 4 heteroatoms. The molecular formula is C26H28N4. The molecule has 0 saturated heterocycles. The standard InChI is InChI=1S/C26H28N4/c1-8-19-12-21-10-11-24-26(23(21)13-22(19)20(9-2)15-27-6)30(18(5)29(24)7)25-16(3)14-28-17(25)4/h8-13,15H,1,5,14H2,2-4,6-7H3/b20-9+,27-15?. The van der Waals surface area contributed by atoms with Crippen molar-refractivity contribution in [3.8, 4) is 0 Å². The number of hydrogen-bond acceptors (Lipinski definition) is 4. The molecule has 0 fully saturated rings. The summed E-state index contributed by atoms with van der Waals surface area (Å²) in [5.41, 5.74) is 9.10. The number of allylic oxidation sites excluding steroid dienone is 3. The zero-order valence-electron chi connectivity index (χ0n) is 18.5.